The molecule has 7 heteroatoms. The molecule has 3 aromatic carbocycles. The third kappa shape index (κ3) is 4.70. The SMILES string of the molecule is Cc1ccc(NC(=O)NC(N)=O)cc1C(=O)N[C@H](C)c1cccc2ccccc12. The van der Waals surface area contributed by atoms with Crippen LogP contribution in [0.2, 0.25) is 0 Å². The molecule has 5 amide bonds. The van der Waals surface area contributed by atoms with Gasteiger partial charge < -0.3 is 16.4 Å². The molecular weight excluding hydrogens is 368 g/mol. The van der Waals surface area contributed by atoms with Gasteiger partial charge in [-0.3, -0.25) is 10.1 Å². The standard InChI is InChI=1S/C22H22N4O3/c1-13-10-11-16(25-22(29)26-21(23)28)12-19(13)20(27)24-14(2)17-9-5-7-15-6-3-4-8-18(15)17/h3-12,14H,1-2H3,(H,24,27)(H4,23,25,26,28,29)/t14-/m1/s1. The number of aryl methyl sites for hydroxylation is 1. The molecule has 0 aliphatic rings. The van der Waals surface area contributed by atoms with Crippen LogP contribution in [0.4, 0.5) is 15.3 Å². The quantitative estimate of drug-likeness (QED) is 0.543. The average molecular weight is 390 g/mol. The number of nitrogens with one attached hydrogen (secondary N) is 3. The van der Waals surface area contributed by atoms with Crippen molar-refractivity contribution in [3.63, 3.8) is 0 Å². The lowest BCUT2D eigenvalue weighted by Gasteiger charge is -2.18. The van der Waals surface area contributed by atoms with Crippen LogP contribution in [0.15, 0.2) is 60.7 Å². The third-order valence-corrected chi connectivity index (χ3v) is 4.61. The number of carbonyl (C=O) groups excluding carboxylic acids is 3. The Morgan fingerprint density at radius 2 is 1.69 bits per heavy atom. The van der Waals surface area contributed by atoms with Crippen LogP contribution in [0.25, 0.3) is 10.8 Å². The number of rotatable bonds is 4. The molecule has 0 heterocycles. The Bertz CT molecular complexity index is 1090. The average Bonchev–Trinajstić information content (AvgIpc) is 2.68. The normalized spacial score (nSPS) is 11.5. The molecule has 0 spiro atoms. The summed E-state index contributed by atoms with van der Waals surface area (Å²) in [6, 6.07) is 17.0. The van der Waals surface area contributed by atoms with E-state index < -0.39 is 12.1 Å². The van der Waals surface area contributed by atoms with E-state index in [4.69, 9.17) is 5.73 Å². The van der Waals surface area contributed by atoms with E-state index in [1.165, 1.54) is 0 Å². The van der Waals surface area contributed by atoms with Gasteiger partial charge in [-0.15, -0.1) is 0 Å². The van der Waals surface area contributed by atoms with Gasteiger partial charge in [0, 0.05) is 11.3 Å². The fraction of sp³-hybridized carbons (Fsp3) is 0.136. The number of fused-ring (bicyclic) bond motifs is 1. The predicted octanol–water partition coefficient (Wildman–Crippen LogP) is 3.84. The summed E-state index contributed by atoms with van der Waals surface area (Å²) >= 11 is 0. The number of carbonyl (C=O) groups is 3. The number of primary amides is 1. The zero-order valence-corrected chi connectivity index (χ0v) is 16.2. The van der Waals surface area contributed by atoms with Gasteiger partial charge >= 0.3 is 12.1 Å². The molecule has 0 aromatic heterocycles. The minimum absolute atomic E-state index is 0.220. The number of hydrogen-bond donors (Lipinski definition) is 4. The zero-order chi connectivity index (χ0) is 21.0. The molecule has 0 saturated heterocycles. The summed E-state index contributed by atoms with van der Waals surface area (Å²) in [6.45, 7) is 3.74. The largest absolute Gasteiger partial charge is 0.351 e. The first-order chi connectivity index (χ1) is 13.8. The molecule has 0 bridgehead atoms. The van der Waals surface area contributed by atoms with Crippen molar-refractivity contribution in [1.29, 1.82) is 0 Å². The van der Waals surface area contributed by atoms with Crippen LogP contribution in [-0.2, 0) is 0 Å². The molecule has 0 unspecified atom stereocenters. The molecular formula is C22H22N4O3. The second kappa shape index (κ2) is 8.43. The summed E-state index contributed by atoms with van der Waals surface area (Å²) in [4.78, 5) is 35.3. The first-order valence-corrected chi connectivity index (χ1v) is 9.12. The molecule has 3 aromatic rings. The summed E-state index contributed by atoms with van der Waals surface area (Å²) in [6.07, 6.45) is 0. The fourth-order valence-electron chi connectivity index (χ4n) is 3.20. The number of benzene rings is 3. The van der Waals surface area contributed by atoms with E-state index in [2.05, 4.69) is 10.6 Å². The molecule has 0 saturated carbocycles. The van der Waals surface area contributed by atoms with Crippen LogP contribution in [-0.4, -0.2) is 18.0 Å². The Morgan fingerprint density at radius 1 is 0.966 bits per heavy atom. The van der Waals surface area contributed by atoms with Crippen LogP contribution in [0, 0.1) is 6.92 Å². The van der Waals surface area contributed by atoms with E-state index in [0.717, 1.165) is 21.9 Å². The monoisotopic (exact) mass is 390 g/mol. The maximum atomic E-state index is 12.9. The summed E-state index contributed by atoms with van der Waals surface area (Å²) < 4.78 is 0. The molecule has 0 aliphatic carbocycles. The number of imide groups is 1. The summed E-state index contributed by atoms with van der Waals surface area (Å²) in [5.41, 5.74) is 7.50. The second-order valence-corrected chi connectivity index (χ2v) is 6.74. The Morgan fingerprint density at radius 3 is 2.45 bits per heavy atom. The van der Waals surface area contributed by atoms with Gasteiger partial charge in [0.25, 0.3) is 5.91 Å². The van der Waals surface area contributed by atoms with Gasteiger partial charge in [0.15, 0.2) is 0 Å². The Kier molecular flexibility index (Phi) is 5.78. The minimum atomic E-state index is -0.962. The summed E-state index contributed by atoms with van der Waals surface area (Å²) in [5, 5.41) is 9.59. The maximum absolute atomic E-state index is 12.9. The smallest absolute Gasteiger partial charge is 0.327 e. The van der Waals surface area contributed by atoms with E-state index in [0.29, 0.717) is 11.3 Å². The van der Waals surface area contributed by atoms with Crippen LogP contribution >= 0.6 is 0 Å². The fourth-order valence-corrected chi connectivity index (χ4v) is 3.20. The molecule has 7 nitrogen and oxygen atoms in total. The Labute approximate surface area is 168 Å². The van der Waals surface area contributed by atoms with Crippen molar-refractivity contribution in [3.05, 3.63) is 77.4 Å². The van der Waals surface area contributed by atoms with Crippen LogP contribution in [0.1, 0.15) is 34.5 Å². The van der Waals surface area contributed by atoms with Gasteiger partial charge in [0.05, 0.1) is 6.04 Å². The zero-order valence-electron chi connectivity index (χ0n) is 16.2. The van der Waals surface area contributed by atoms with Gasteiger partial charge in [-0.25, -0.2) is 9.59 Å². The summed E-state index contributed by atoms with van der Waals surface area (Å²) in [5.74, 6) is -0.262. The topological polar surface area (TPSA) is 113 Å². The van der Waals surface area contributed by atoms with Gasteiger partial charge in [-0.1, -0.05) is 48.5 Å². The lowest BCUT2D eigenvalue weighted by Crippen LogP contribution is -2.38. The molecule has 29 heavy (non-hydrogen) atoms. The van der Waals surface area contributed by atoms with Crippen molar-refractivity contribution in [2.75, 3.05) is 5.32 Å². The van der Waals surface area contributed by atoms with E-state index in [-0.39, 0.29) is 11.9 Å². The van der Waals surface area contributed by atoms with Gasteiger partial charge in [-0.2, -0.15) is 0 Å². The van der Waals surface area contributed by atoms with Crippen LogP contribution in [0.3, 0.4) is 0 Å². The highest BCUT2D eigenvalue weighted by molar-refractivity contribution is 6.02. The Balaban J connectivity index is 1.80. The first-order valence-electron chi connectivity index (χ1n) is 9.12. The minimum Gasteiger partial charge on any atom is -0.351 e. The molecule has 5 N–H and O–H groups in total. The lowest BCUT2D eigenvalue weighted by molar-refractivity contribution is 0.0939. The molecule has 0 aliphatic heterocycles. The molecule has 0 radical (unpaired) electrons. The van der Waals surface area contributed by atoms with Crippen molar-refractivity contribution < 1.29 is 14.4 Å². The molecule has 3 rings (SSSR count). The molecule has 0 fully saturated rings. The number of urea groups is 2. The van der Waals surface area contributed by atoms with Crippen molar-refractivity contribution in [2.45, 2.75) is 19.9 Å². The number of hydrogen-bond acceptors (Lipinski definition) is 3. The number of nitrogens with two attached hydrogens (primary N) is 1. The van der Waals surface area contributed by atoms with Crippen LogP contribution < -0.4 is 21.7 Å². The van der Waals surface area contributed by atoms with Crippen LogP contribution in [0.5, 0.6) is 0 Å². The predicted molar refractivity (Wildman–Crippen MR) is 113 cm³/mol. The molecule has 1 atom stereocenters. The first kappa shape index (κ1) is 19.9. The summed E-state index contributed by atoms with van der Waals surface area (Å²) in [7, 11) is 0. The van der Waals surface area contributed by atoms with Gasteiger partial charge in [0.1, 0.15) is 0 Å². The number of anilines is 1. The van der Waals surface area contributed by atoms with Crippen molar-refractivity contribution in [3.8, 4) is 0 Å². The third-order valence-electron chi connectivity index (χ3n) is 4.61. The van der Waals surface area contributed by atoms with E-state index in [9.17, 15) is 14.4 Å². The maximum Gasteiger partial charge on any atom is 0.327 e. The van der Waals surface area contributed by atoms with Crippen molar-refractivity contribution in [1.82, 2.24) is 10.6 Å². The second-order valence-electron chi connectivity index (χ2n) is 6.74. The highest BCUT2D eigenvalue weighted by Gasteiger charge is 2.16. The Hall–Kier alpha value is -3.87. The highest BCUT2D eigenvalue weighted by Crippen LogP contribution is 2.25. The van der Waals surface area contributed by atoms with E-state index in [1.54, 1.807) is 18.2 Å². The van der Waals surface area contributed by atoms with Gasteiger partial charge in [0.2, 0.25) is 0 Å². The van der Waals surface area contributed by atoms with Crippen molar-refractivity contribution >= 4 is 34.4 Å². The number of amides is 5. The highest BCUT2D eigenvalue weighted by atomic mass is 16.2. The van der Waals surface area contributed by atoms with Gasteiger partial charge in [-0.05, 0) is 47.9 Å². The lowest BCUT2D eigenvalue weighted by atomic mass is 9.99. The van der Waals surface area contributed by atoms with E-state index in [1.807, 2.05) is 61.6 Å². The van der Waals surface area contributed by atoms with E-state index >= 15 is 0 Å². The molecule has 148 valence electrons. The van der Waals surface area contributed by atoms with Crippen molar-refractivity contribution in [2.24, 2.45) is 5.73 Å².